The van der Waals surface area contributed by atoms with Crippen LogP contribution in [0.2, 0.25) is 0 Å². The quantitative estimate of drug-likeness (QED) is 0.264. The number of anilines is 5. The molecule has 14 heteroatoms. The number of halogens is 3. The fraction of sp³-hybridized carbons (Fsp3) is 0.333. The van der Waals surface area contributed by atoms with Gasteiger partial charge in [0.15, 0.2) is 11.5 Å². The Kier molecular flexibility index (Phi) is 7.69. The number of nitrogen functional groups attached to an aromatic ring is 1. The smallest absolute Gasteiger partial charge is 0.395 e. The summed E-state index contributed by atoms with van der Waals surface area (Å²) < 4.78 is 42.9. The molecule has 2 aromatic heterocycles. The number of aromatic nitrogens is 4. The van der Waals surface area contributed by atoms with Crippen LogP contribution in [0.25, 0.3) is 11.0 Å². The molecule has 0 spiro atoms. The maximum atomic E-state index is 13.8. The van der Waals surface area contributed by atoms with Gasteiger partial charge in [0, 0.05) is 68.6 Å². The van der Waals surface area contributed by atoms with E-state index in [0.29, 0.717) is 66.6 Å². The number of benzene rings is 2. The van der Waals surface area contributed by atoms with Crippen LogP contribution in [0.3, 0.4) is 0 Å². The van der Waals surface area contributed by atoms with Crippen molar-refractivity contribution >= 4 is 45.8 Å². The van der Waals surface area contributed by atoms with Crippen molar-refractivity contribution in [1.82, 2.24) is 24.6 Å². The second kappa shape index (κ2) is 11.2. The molecule has 1 aliphatic rings. The van der Waals surface area contributed by atoms with E-state index in [1.54, 1.807) is 36.1 Å². The Balaban J connectivity index is 1.38. The molecule has 0 radical (unpaired) electrons. The molecule has 0 bridgehead atoms. The molecule has 1 aliphatic heterocycles. The summed E-state index contributed by atoms with van der Waals surface area (Å²) in [5.41, 5.74) is 7.43. The molecule has 0 aliphatic carbocycles. The van der Waals surface area contributed by atoms with Crippen LogP contribution in [0.15, 0.2) is 42.6 Å². The van der Waals surface area contributed by atoms with Gasteiger partial charge in [-0.05, 0) is 42.8 Å². The van der Waals surface area contributed by atoms with Gasteiger partial charge in [0.25, 0.3) is 5.91 Å². The van der Waals surface area contributed by atoms with Gasteiger partial charge < -0.3 is 26.4 Å². The molecule has 0 atom stereocenters. The SMILES string of the molecule is Cc1ccc(NC(=O)c2cc(N3CCN(CCO)CC3)cc(C(F)(F)F)c2)cc1Nc1nn(C)c2nc(N)ncc12. The van der Waals surface area contributed by atoms with Crippen LogP contribution in [0.4, 0.5) is 42.0 Å². The Morgan fingerprint density at radius 3 is 2.59 bits per heavy atom. The minimum absolute atomic E-state index is 0.0200. The van der Waals surface area contributed by atoms with E-state index >= 15 is 0 Å². The summed E-state index contributed by atoms with van der Waals surface area (Å²) in [6.45, 7) is 4.56. The number of nitrogens with two attached hydrogens (primary N) is 1. The molecule has 4 aromatic rings. The van der Waals surface area contributed by atoms with Crippen LogP contribution in [0.5, 0.6) is 0 Å². The number of amides is 1. The van der Waals surface area contributed by atoms with E-state index < -0.39 is 17.6 Å². The highest BCUT2D eigenvalue weighted by molar-refractivity contribution is 6.05. The van der Waals surface area contributed by atoms with Crippen molar-refractivity contribution in [3.05, 3.63) is 59.3 Å². The number of rotatable bonds is 7. The number of piperazine rings is 1. The minimum Gasteiger partial charge on any atom is -0.395 e. The average Bonchev–Trinajstić information content (AvgIpc) is 3.24. The number of fused-ring (bicyclic) bond motifs is 1. The second-order valence-electron chi connectivity index (χ2n) is 9.87. The van der Waals surface area contributed by atoms with Crippen LogP contribution in [0, 0.1) is 6.92 Å². The lowest BCUT2D eigenvalue weighted by Gasteiger charge is -2.36. The van der Waals surface area contributed by atoms with E-state index in [1.165, 1.54) is 6.07 Å². The molecule has 1 fully saturated rings. The second-order valence-corrected chi connectivity index (χ2v) is 9.87. The molecule has 0 unspecified atom stereocenters. The molecule has 11 nitrogen and oxygen atoms in total. The molecule has 3 heterocycles. The van der Waals surface area contributed by atoms with E-state index in [0.717, 1.165) is 17.7 Å². The zero-order valence-electron chi connectivity index (χ0n) is 22.5. The van der Waals surface area contributed by atoms with E-state index in [2.05, 4.69) is 25.7 Å². The molecule has 0 saturated carbocycles. The van der Waals surface area contributed by atoms with E-state index in [1.807, 2.05) is 16.7 Å². The fourth-order valence-corrected chi connectivity index (χ4v) is 4.77. The first kappa shape index (κ1) is 28.1. The Bertz CT molecular complexity index is 1580. The van der Waals surface area contributed by atoms with Crippen molar-refractivity contribution in [3.8, 4) is 0 Å². The van der Waals surface area contributed by atoms with Gasteiger partial charge >= 0.3 is 6.18 Å². The molecule has 1 amide bonds. The number of aliphatic hydroxyl groups is 1. The predicted octanol–water partition coefficient (Wildman–Crippen LogP) is 3.38. The molecule has 5 rings (SSSR count). The van der Waals surface area contributed by atoms with E-state index in [-0.39, 0.29) is 18.1 Å². The molecular formula is C27H30F3N9O2. The van der Waals surface area contributed by atoms with Gasteiger partial charge in [-0.2, -0.15) is 23.3 Å². The third kappa shape index (κ3) is 6.18. The number of alkyl halides is 3. The van der Waals surface area contributed by atoms with Crippen molar-refractivity contribution in [2.24, 2.45) is 7.05 Å². The van der Waals surface area contributed by atoms with Gasteiger partial charge in [-0.25, -0.2) is 9.67 Å². The highest BCUT2D eigenvalue weighted by atomic mass is 19.4. The van der Waals surface area contributed by atoms with Crippen LogP contribution in [0.1, 0.15) is 21.5 Å². The summed E-state index contributed by atoms with van der Waals surface area (Å²) in [4.78, 5) is 25.3. The molecule has 2 aromatic carbocycles. The van der Waals surface area contributed by atoms with Crippen LogP contribution in [-0.2, 0) is 13.2 Å². The molecule has 216 valence electrons. The maximum Gasteiger partial charge on any atom is 0.416 e. The number of aryl methyl sites for hydroxylation is 2. The normalized spacial score (nSPS) is 14.4. The third-order valence-electron chi connectivity index (χ3n) is 7.01. The van der Waals surface area contributed by atoms with E-state index in [4.69, 9.17) is 10.8 Å². The number of β-amino-alcohol motifs (C(OH)–C–C–N with tert-alkyl or cyclic N) is 1. The summed E-state index contributed by atoms with van der Waals surface area (Å²) in [5, 5.41) is 20.2. The van der Waals surface area contributed by atoms with Crippen molar-refractivity contribution in [3.63, 3.8) is 0 Å². The number of hydrogen-bond acceptors (Lipinski definition) is 9. The zero-order chi connectivity index (χ0) is 29.3. The summed E-state index contributed by atoms with van der Waals surface area (Å²) in [7, 11) is 1.72. The Morgan fingerprint density at radius 2 is 1.88 bits per heavy atom. The van der Waals surface area contributed by atoms with Crippen molar-refractivity contribution in [2.45, 2.75) is 13.1 Å². The highest BCUT2D eigenvalue weighted by Crippen LogP contribution is 2.34. The van der Waals surface area contributed by atoms with Crippen LogP contribution < -0.4 is 21.3 Å². The summed E-state index contributed by atoms with van der Waals surface area (Å²) in [6, 6.07) is 8.54. The predicted molar refractivity (Wildman–Crippen MR) is 150 cm³/mol. The van der Waals surface area contributed by atoms with Gasteiger partial charge in [0.05, 0.1) is 17.6 Å². The topological polar surface area (TPSA) is 137 Å². The minimum atomic E-state index is -4.62. The van der Waals surface area contributed by atoms with Crippen LogP contribution >= 0.6 is 0 Å². The highest BCUT2D eigenvalue weighted by Gasteiger charge is 2.33. The number of nitrogens with zero attached hydrogens (tertiary/aromatic N) is 6. The van der Waals surface area contributed by atoms with Gasteiger partial charge in [0.2, 0.25) is 5.95 Å². The first-order chi connectivity index (χ1) is 19.5. The Labute approximate surface area is 233 Å². The molecule has 1 saturated heterocycles. The monoisotopic (exact) mass is 569 g/mol. The average molecular weight is 570 g/mol. The first-order valence-electron chi connectivity index (χ1n) is 13.0. The molecule has 5 N–H and O–H groups in total. The van der Waals surface area contributed by atoms with Crippen LogP contribution in [-0.4, -0.2) is 75.0 Å². The van der Waals surface area contributed by atoms with Gasteiger partial charge in [-0.3, -0.25) is 9.69 Å². The number of hydrogen-bond donors (Lipinski definition) is 4. The summed E-state index contributed by atoms with van der Waals surface area (Å²) >= 11 is 0. The lowest BCUT2D eigenvalue weighted by atomic mass is 10.1. The maximum absolute atomic E-state index is 13.8. The van der Waals surface area contributed by atoms with E-state index in [9.17, 15) is 18.0 Å². The third-order valence-corrected chi connectivity index (χ3v) is 7.01. The van der Waals surface area contributed by atoms with Gasteiger partial charge in [-0.15, -0.1) is 0 Å². The summed E-state index contributed by atoms with van der Waals surface area (Å²) in [5.74, 6) is -0.0661. The largest absolute Gasteiger partial charge is 0.416 e. The Morgan fingerprint density at radius 1 is 1.12 bits per heavy atom. The zero-order valence-corrected chi connectivity index (χ0v) is 22.5. The molecular weight excluding hydrogens is 539 g/mol. The summed E-state index contributed by atoms with van der Waals surface area (Å²) in [6.07, 6.45) is -3.06. The van der Waals surface area contributed by atoms with Crippen molar-refractivity contribution in [2.75, 3.05) is 60.6 Å². The number of carbonyl (C=O) groups excluding carboxylic acids is 1. The number of aliphatic hydroxyl groups excluding tert-OH is 1. The number of nitrogens with one attached hydrogen (secondary N) is 2. The first-order valence-corrected chi connectivity index (χ1v) is 13.0. The number of carbonyl (C=O) groups is 1. The molecule has 41 heavy (non-hydrogen) atoms. The lowest BCUT2D eigenvalue weighted by Crippen LogP contribution is -2.47. The van der Waals surface area contributed by atoms with Gasteiger partial charge in [0.1, 0.15) is 0 Å². The lowest BCUT2D eigenvalue weighted by molar-refractivity contribution is -0.137. The van der Waals surface area contributed by atoms with Crippen molar-refractivity contribution in [1.29, 1.82) is 0 Å². The fourth-order valence-electron chi connectivity index (χ4n) is 4.77. The standard InChI is InChI=1S/C27H30F3N9O2/c1-16-3-4-19(14-22(16)34-23-21-15-32-26(31)35-24(21)37(2)36-23)33-25(41)17-11-18(27(28,29)30)13-20(12-17)39-7-5-38(6-8-39)9-10-40/h3-4,11-15,40H,5-10H2,1-2H3,(H,33,41)(H,34,36)(H2,31,32,35). The Hall–Kier alpha value is -4.43. The van der Waals surface area contributed by atoms with Crippen molar-refractivity contribution < 1.29 is 23.1 Å². The van der Waals surface area contributed by atoms with Gasteiger partial charge in [-0.1, -0.05) is 6.07 Å².